The fourth-order valence-electron chi connectivity index (χ4n) is 1.06. The molecule has 2 N–H and O–H groups in total. The highest BCUT2D eigenvalue weighted by Gasteiger charge is 2.31. The number of nitrogens with two attached hydrogens (primary N) is 1. The van der Waals surface area contributed by atoms with Crippen LogP contribution < -0.4 is 10.5 Å². The number of alkyl halides is 3. The minimum absolute atomic E-state index is 0.0920. The molecule has 0 aliphatic heterocycles. The normalized spacial score (nSPS) is 11.6. The number of hydrogen-bond donors (Lipinski definition) is 1. The molecule has 0 atom stereocenters. The van der Waals surface area contributed by atoms with E-state index in [1.165, 1.54) is 0 Å². The predicted octanol–water partition coefficient (Wildman–Crippen LogP) is 2.57. The van der Waals surface area contributed by atoms with E-state index in [9.17, 15) is 17.6 Å². The molecule has 0 fully saturated rings. The van der Waals surface area contributed by atoms with Crippen molar-refractivity contribution in [3.8, 4) is 5.75 Å². The van der Waals surface area contributed by atoms with Crippen molar-refractivity contribution in [2.75, 3.05) is 13.2 Å². The average molecular weight is 237 g/mol. The summed E-state index contributed by atoms with van der Waals surface area (Å²) in [7, 11) is 0. The van der Waals surface area contributed by atoms with Crippen molar-refractivity contribution < 1.29 is 22.3 Å². The first-order valence-corrected chi connectivity index (χ1v) is 4.65. The Balaban J connectivity index is 2.83. The van der Waals surface area contributed by atoms with Crippen molar-refractivity contribution in [2.24, 2.45) is 5.73 Å². The van der Waals surface area contributed by atoms with Gasteiger partial charge in [-0.1, -0.05) is 0 Å². The van der Waals surface area contributed by atoms with E-state index in [0.29, 0.717) is 25.1 Å². The zero-order valence-electron chi connectivity index (χ0n) is 8.35. The maximum Gasteiger partial charge on any atom is 0.416 e. The van der Waals surface area contributed by atoms with Gasteiger partial charge >= 0.3 is 6.18 Å². The molecule has 6 heteroatoms. The molecular weight excluding hydrogens is 226 g/mol. The molecule has 0 spiro atoms. The quantitative estimate of drug-likeness (QED) is 0.645. The molecule has 0 aliphatic carbocycles. The van der Waals surface area contributed by atoms with Crippen molar-refractivity contribution in [3.63, 3.8) is 0 Å². The third-order valence-corrected chi connectivity index (χ3v) is 1.86. The highest BCUT2D eigenvalue weighted by Crippen LogP contribution is 2.32. The van der Waals surface area contributed by atoms with E-state index in [1.54, 1.807) is 0 Å². The summed E-state index contributed by atoms with van der Waals surface area (Å²) in [5, 5.41) is 0. The van der Waals surface area contributed by atoms with Gasteiger partial charge in [0.15, 0.2) is 11.6 Å². The van der Waals surface area contributed by atoms with Gasteiger partial charge in [0.05, 0.1) is 12.2 Å². The fourth-order valence-corrected chi connectivity index (χ4v) is 1.06. The first-order valence-electron chi connectivity index (χ1n) is 4.65. The smallest absolute Gasteiger partial charge is 0.416 e. The largest absolute Gasteiger partial charge is 0.490 e. The second-order valence-electron chi connectivity index (χ2n) is 3.13. The first-order chi connectivity index (χ1) is 7.45. The van der Waals surface area contributed by atoms with Crippen molar-refractivity contribution in [1.82, 2.24) is 0 Å². The minimum atomic E-state index is -4.50. The highest BCUT2D eigenvalue weighted by molar-refractivity contribution is 5.31. The van der Waals surface area contributed by atoms with Crippen molar-refractivity contribution in [1.29, 1.82) is 0 Å². The number of ether oxygens (including phenoxy) is 1. The zero-order chi connectivity index (χ0) is 12.2. The molecular formula is C10H11F4NO. The standard InChI is InChI=1S/C10H11F4NO/c11-8-3-2-7(10(12,13)14)6-9(8)16-5-1-4-15/h2-3,6H,1,4-5,15H2. The lowest BCUT2D eigenvalue weighted by atomic mass is 10.2. The summed E-state index contributed by atoms with van der Waals surface area (Å²) in [6.07, 6.45) is -4.05. The Morgan fingerprint density at radius 2 is 1.94 bits per heavy atom. The Morgan fingerprint density at radius 3 is 2.50 bits per heavy atom. The van der Waals surface area contributed by atoms with E-state index in [1.807, 2.05) is 0 Å². The number of benzene rings is 1. The molecule has 0 heterocycles. The Labute approximate surface area is 90.0 Å². The van der Waals surface area contributed by atoms with Gasteiger partial charge in [0, 0.05) is 0 Å². The lowest BCUT2D eigenvalue weighted by molar-refractivity contribution is -0.137. The maximum absolute atomic E-state index is 13.1. The summed E-state index contributed by atoms with van der Waals surface area (Å²) < 4.78 is 54.8. The molecule has 90 valence electrons. The Morgan fingerprint density at radius 1 is 1.25 bits per heavy atom. The van der Waals surface area contributed by atoms with Gasteiger partial charge in [0.2, 0.25) is 0 Å². The third-order valence-electron chi connectivity index (χ3n) is 1.86. The van der Waals surface area contributed by atoms with E-state index >= 15 is 0 Å². The third kappa shape index (κ3) is 3.37. The summed E-state index contributed by atoms with van der Waals surface area (Å²) in [5.74, 6) is -1.21. The summed E-state index contributed by atoms with van der Waals surface area (Å²) in [6.45, 7) is 0.426. The van der Waals surface area contributed by atoms with Crippen LogP contribution in [0.3, 0.4) is 0 Å². The summed E-state index contributed by atoms with van der Waals surface area (Å²) in [6, 6.07) is 2.05. The molecule has 0 amide bonds. The van der Waals surface area contributed by atoms with Crippen LogP contribution in [-0.4, -0.2) is 13.2 Å². The van der Waals surface area contributed by atoms with Gasteiger partial charge in [-0.2, -0.15) is 13.2 Å². The van der Waals surface area contributed by atoms with Gasteiger partial charge in [0.25, 0.3) is 0 Å². The molecule has 0 saturated heterocycles. The number of hydrogen-bond acceptors (Lipinski definition) is 2. The molecule has 1 aromatic carbocycles. The lowest BCUT2D eigenvalue weighted by Gasteiger charge is -2.10. The molecule has 0 aromatic heterocycles. The van der Waals surface area contributed by atoms with Crippen molar-refractivity contribution in [3.05, 3.63) is 29.6 Å². The van der Waals surface area contributed by atoms with Gasteiger partial charge in [-0.3, -0.25) is 0 Å². The van der Waals surface area contributed by atoms with Crippen LogP contribution >= 0.6 is 0 Å². The molecule has 0 radical (unpaired) electrons. The molecule has 1 aromatic rings. The fraction of sp³-hybridized carbons (Fsp3) is 0.400. The second kappa shape index (κ2) is 5.16. The molecule has 0 aliphatic rings. The van der Waals surface area contributed by atoms with Crippen LogP contribution in [0, 0.1) is 5.82 Å². The van der Waals surface area contributed by atoms with Crippen LogP contribution in [0.2, 0.25) is 0 Å². The highest BCUT2D eigenvalue weighted by atomic mass is 19.4. The van der Waals surface area contributed by atoms with Crippen LogP contribution in [0.4, 0.5) is 17.6 Å². The van der Waals surface area contributed by atoms with E-state index in [4.69, 9.17) is 10.5 Å². The van der Waals surface area contributed by atoms with Crippen LogP contribution in [0.1, 0.15) is 12.0 Å². The maximum atomic E-state index is 13.1. The van der Waals surface area contributed by atoms with Gasteiger partial charge in [0.1, 0.15) is 0 Å². The van der Waals surface area contributed by atoms with E-state index < -0.39 is 23.3 Å². The summed E-state index contributed by atoms with van der Waals surface area (Å²) in [4.78, 5) is 0. The van der Waals surface area contributed by atoms with Crippen LogP contribution in [0.15, 0.2) is 18.2 Å². The van der Waals surface area contributed by atoms with E-state index in [2.05, 4.69) is 0 Å². The molecule has 1 rings (SSSR count). The second-order valence-corrected chi connectivity index (χ2v) is 3.13. The van der Waals surface area contributed by atoms with Gasteiger partial charge in [-0.15, -0.1) is 0 Å². The Bertz CT molecular complexity index is 351. The first kappa shape index (κ1) is 12.8. The minimum Gasteiger partial charge on any atom is -0.490 e. The van der Waals surface area contributed by atoms with Crippen molar-refractivity contribution >= 4 is 0 Å². The van der Waals surface area contributed by atoms with E-state index in [-0.39, 0.29) is 6.61 Å². The topological polar surface area (TPSA) is 35.2 Å². The van der Waals surface area contributed by atoms with Gasteiger partial charge in [-0.25, -0.2) is 4.39 Å². The Kier molecular flexibility index (Phi) is 4.12. The Hall–Kier alpha value is -1.30. The predicted molar refractivity (Wildman–Crippen MR) is 50.6 cm³/mol. The number of rotatable bonds is 4. The molecule has 0 bridgehead atoms. The van der Waals surface area contributed by atoms with Crippen LogP contribution in [0.5, 0.6) is 5.75 Å². The summed E-state index contributed by atoms with van der Waals surface area (Å²) >= 11 is 0. The van der Waals surface area contributed by atoms with Crippen molar-refractivity contribution in [2.45, 2.75) is 12.6 Å². The SMILES string of the molecule is NCCCOc1cc(C(F)(F)F)ccc1F. The molecule has 2 nitrogen and oxygen atoms in total. The summed E-state index contributed by atoms with van der Waals surface area (Å²) in [5.41, 5.74) is 4.24. The lowest BCUT2D eigenvalue weighted by Crippen LogP contribution is -2.09. The average Bonchev–Trinajstić information content (AvgIpc) is 2.19. The van der Waals surface area contributed by atoms with Crippen LogP contribution in [0.25, 0.3) is 0 Å². The monoisotopic (exact) mass is 237 g/mol. The zero-order valence-corrected chi connectivity index (χ0v) is 8.35. The van der Waals surface area contributed by atoms with Gasteiger partial charge < -0.3 is 10.5 Å². The van der Waals surface area contributed by atoms with Crippen LogP contribution in [-0.2, 0) is 6.18 Å². The molecule has 0 saturated carbocycles. The molecule has 16 heavy (non-hydrogen) atoms. The van der Waals surface area contributed by atoms with Gasteiger partial charge in [-0.05, 0) is 31.2 Å². The molecule has 0 unspecified atom stereocenters. The van der Waals surface area contributed by atoms with E-state index in [0.717, 1.165) is 6.07 Å². The number of halogens is 4.